The van der Waals surface area contributed by atoms with Gasteiger partial charge in [0.1, 0.15) is 5.69 Å². The van der Waals surface area contributed by atoms with E-state index in [0.717, 1.165) is 18.9 Å². The number of halogens is 3. The Bertz CT molecular complexity index is 391. The molecule has 6 heteroatoms. The molecule has 0 atom stereocenters. The van der Waals surface area contributed by atoms with Crippen molar-refractivity contribution in [2.45, 2.75) is 19.0 Å². The Labute approximate surface area is 103 Å². The van der Waals surface area contributed by atoms with E-state index in [1.165, 1.54) is 18.9 Å². The monoisotopic (exact) mass is 260 g/mol. The third kappa shape index (κ3) is 4.18. The van der Waals surface area contributed by atoms with E-state index in [1.807, 2.05) is 0 Å². The van der Waals surface area contributed by atoms with Gasteiger partial charge >= 0.3 is 6.18 Å². The molecule has 0 aromatic carbocycles. The fourth-order valence-corrected chi connectivity index (χ4v) is 1.50. The van der Waals surface area contributed by atoms with Gasteiger partial charge in [-0.05, 0) is 30.9 Å². The van der Waals surface area contributed by atoms with E-state index in [-0.39, 0.29) is 0 Å². The highest BCUT2D eigenvalue weighted by Crippen LogP contribution is 2.29. The Morgan fingerprint density at radius 1 is 1.39 bits per heavy atom. The lowest BCUT2D eigenvalue weighted by molar-refractivity contribution is -0.141. The second-order valence-electron chi connectivity index (χ2n) is 4.37. The summed E-state index contributed by atoms with van der Waals surface area (Å²) in [5, 5.41) is 2.89. The van der Waals surface area contributed by atoms with Crippen LogP contribution in [-0.2, 0) is 10.9 Å². The maximum Gasteiger partial charge on any atom is 0.433 e. The molecule has 0 radical (unpaired) electrons. The second-order valence-corrected chi connectivity index (χ2v) is 4.37. The van der Waals surface area contributed by atoms with Crippen LogP contribution in [0, 0.1) is 5.92 Å². The standard InChI is InChI=1S/C12H15F3N2O/c13-12(14,15)11-7-10(3-4-17-11)16-5-6-18-8-9-1-2-9/h3-4,7,9H,1-2,5-6,8H2,(H,16,17). The van der Waals surface area contributed by atoms with Crippen molar-refractivity contribution in [1.82, 2.24) is 4.98 Å². The zero-order chi connectivity index (χ0) is 13.0. The van der Waals surface area contributed by atoms with Crippen LogP contribution in [0.15, 0.2) is 18.3 Å². The number of hydrogen-bond acceptors (Lipinski definition) is 3. The van der Waals surface area contributed by atoms with Gasteiger partial charge in [-0.1, -0.05) is 0 Å². The van der Waals surface area contributed by atoms with E-state index in [4.69, 9.17) is 4.74 Å². The Morgan fingerprint density at radius 3 is 2.83 bits per heavy atom. The predicted molar refractivity (Wildman–Crippen MR) is 61.3 cm³/mol. The van der Waals surface area contributed by atoms with Crippen LogP contribution in [0.1, 0.15) is 18.5 Å². The van der Waals surface area contributed by atoms with Crippen LogP contribution < -0.4 is 5.32 Å². The molecule has 1 saturated carbocycles. The summed E-state index contributed by atoms with van der Waals surface area (Å²) >= 11 is 0. The fraction of sp³-hybridized carbons (Fsp3) is 0.583. The first kappa shape index (κ1) is 13.1. The lowest BCUT2D eigenvalue weighted by atomic mass is 10.3. The highest BCUT2D eigenvalue weighted by Gasteiger charge is 2.32. The van der Waals surface area contributed by atoms with Gasteiger partial charge in [-0.3, -0.25) is 4.98 Å². The molecule has 0 aliphatic heterocycles. The van der Waals surface area contributed by atoms with E-state index >= 15 is 0 Å². The summed E-state index contributed by atoms with van der Waals surface area (Å²) in [6.45, 7) is 1.75. The molecule has 0 saturated heterocycles. The molecule has 1 fully saturated rings. The quantitative estimate of drug-likeness (QED) is 0.798. The van der Waals surface area contributed by atoms with Crippen molar-refractivity contribution in [3.8, 4) is 0 Å². The van der Waals surface area contributed by atoms with Crippen LogP contribution in [0.25, 0.3) is 0 Å². The van der Waals surface area contributed by atoms with E-state index in [0.29, 0.717) is 24.8 Å². The average Bonchev–Trinajstić information content (AvgIpc) is 3.12. The van der Waals surface area contributed by atoms with Crippen LogP contribution >= 0.6 is 0 Å². The van der Waals surface area contributed by atoms with Crippen LogP contribution in [0.4, 0.5) is 18.9 Å². The highest BCUT2D eigenvalue weighted by molar-refractivity contribution is 5.43. The average molecular weight is 260 g/mol. The Balaban J connectivity index is 1.74. The smallest absolute Gasteiger partial charge is 0.383 e. The van der Waals surface area contributed by atoms with Gasteiger partial charge in [0.2, 0.25) is 0 Å². The fourth-order valence-electron chi connectivity index (χ4n) is 1.50. The number of hydrogen-bond donors (Lipinski definition) is 1. The summed E-state index contributed by atoms with van der Waals surface area (Å²) in [6.07, 6.45) is -0.796. The molecule has 0 bridgehead atoms. The number of nitrogens with one attached hydrogen (secondary N) is 1. The first-order valence-electron chi connectivity index (χ1n) is 5.90. The molecular formula is C12H15F3N2O. The van der Waals surface area contributed by atoms with Crippen molar-refractivity contribution >= 4 is 5.69 Å². The van der Waals surface area contributed by atoms with Crippen LogP contribution in [-0.4, -0.2) is 24.7 Å². The molecule has 0 amide bonds. The normalized spacial score (nSPS) is 15.7. The molecule has 1 aromatic heterocycles. The summed E-state index contributed by atoms with van der Waals surface area (Å²) in [5.41, 5.74) is -0.473. The number of rotatable bonds is 6. The van der Waals surface area contributed by atoms with Gasteiger partial charge in [0.05, 0.1) is 6.61 Å². The molecule has 3 nitrogen and oxygen atoms in total. The summed E-state index contributed by atoms with van der Waals surface area (Å²) in [7, 11) is 0. The predicted octanol–water partition coefficient (Wildman–Crippen LogP) is 2.94. The summed E-state index contributed by atoms with van der Waals surface area (Å²) in [4.78, 5) is 3.29. The SMILES string of the molecule is FC(F)(F)c1cc(NCCOCC2CC2)ccn1. The lowest BCUT2D eigenvalue weighted by Crippen LogP contribution is -2.12. The van der Waals surface area contributed by atoms with Gasteiger partial charge in [-0.2, -0.15) is 13.2 Å². The van der Waals surface area contributed by atoms with Crippen molar-refractivity contribution in [1.29, 1.82) is 0 Å². The first-order chi connectivity index (χ1) is 8.55. The minimum absolute atomic E-state index is 0.410. The number of aromatic nitrogens is 1. The van der Waals surface area contributed by atoms with Crippen LogP contribution in [0.5, 0.6) is 0 Å². The molecular weight excluding hydrogens is 245 g/mol. The van der Waals surface area contributed by atoms with Crippen LogP contribution in [0.2, 0.25) is 0 Å². The molecule has 100 valence electrons. The summed E-state index contributed by atoms with van der Waals surface area (Å²) in [5.74, 6) is 0.697. The summed E-state index contributed by atoms with van der Waals surface area (Å²) in [6, 6.07) is 2.51. The van der Waals surface area contributed by atoms with Crippen molar-refractivity contribution in [3.05, 3.63) is 24.0 Å². The molecule has 1 aliphatic carbocycles. The van der Waals surface area contributed by atoms with E-state index in [9.17, 15) is 13.2 Å². The first-order valence-corrected chi connectivity index (χ1v) is 5.90. The second kappa shape index (κ2) is 5.56. The number of alkyl halides is 3. The molecule has 1 N–H and O–H groups in total. The van der Waals surface area contributed by atoms with Crippen molar-refractivity contribution in [2.24, 2.45) is 5.92 Å². The van der Waals surface area contributed by atoms with Gasteiger partial charge in [0, 0.05) is 25.0 Å². The van der Waals surface area contributed by atoms with Crippen molar-refractivity contribution in [2.75, 3.05) is 25.1 Å². The highest BCUT2D eigenvalue weighted by atomic mass is 19.4. The van der Waals surface area contributed by atoms with Crippen LogP contribution in [0.3, 0.4) is 0 Å². The van der Waals surface area contributed by atoms with Gasteiger partial charge in [-0.25, -0.2) is 0 Å². The molecule has 2 rings (SSSR count). The minimum Gasteiger partial charge on any atom is -0.383 e. The Kier molecular flexibility index (Phi) is 4.06. The number of pyridine rings is 1. The number of ether oxygens (including phenoxy) is 1. The van der Waals surface area contributed by atoms with Gasteiger partial charge in [-0.15, -0.1) is 0 Å². The van der Waals surface area contributed by atoms with Crippen molar-refractivity contribution in [3.63, 3.8) is 0 Å². The van der Waals surface area contributed by atoms with E-state index < -0.39 is 11.9 Å². The Hall–Kier alpha value is -1.30. The van der Waals surface area contributed by atoms with Gasteiger partial charge in [0.15, 0.2) is 0 Å². The largest absolute Gasteiger partial charge is 0.433 e. The third-order valence-corrected chi connectivity index (χ3v) is 2.68. The molecule has 18 heavy (non-hydrogen) atoms. The van der Waals surface area contributed by atoms with E-state index in [2.05, 4.69) is 10.3 Å². The molecule has 1 heterocycles. The topological polar surface area (TPSA) is 34.1 Å². The minimum atomic E-state index is -4.40. The van der Waals surface area contributed by atoms with Crippen molar-refractivity contribution < 1.29 is 17.9 Å². The maximum absolute atomic E-state index is 12.4. The van der Waals surface area contributed by atoms with E-state index in [1.54, 1.807) is 0 Å². The summed E-state index contributed by atoms with van der Waals surface area (Å²) < 4.78 is 42.6. The zero-order valence-corrected chi connectivity index (χ0v) is 9.83. The Morgan fingerprint density at radius 2 is 2.17 bits per heavy atom. The number of nitrogens with zero attached hydrogens (tertiary/aromatic N) is 1. The van der Waals surface area contributed by atoms with Gasteiger partial charge in [0.25, 0.3) is 0 Å². The molecule has 0 spiro atoms. The number of anilines is 1. The molecule has 1 aliphatic rings. The molecule has 1 aromatic rings. The zero-order valence-electron chi connectivity index (χ0n) is 9.83. The molecule has 0 unspecified atom stereocenters. The lowest BCUT2D eigenvalue weighted by Gasteiger charge is -2.10. The third-order valence-electron chi connectivity index (χ3n) is 2.68. The maximum atomic E-state index is 12.4. The van der Waals surface area contributed by atoms with Gasteiger partial charge < -0.3 is 10.1 Å².